The molecule has 1 aliphatic heterocycles. The van der Waals surface area contributed by atoms with Crippen molar-refractivity contribution in [3.05, 3.63) is 0 Å². The van der Waals surface area contributed by atoms with E-state index in [0.29, 0.717) is 6.10 Å². The second-order valence-electron chi connectivity index (χ2n) is 4.76. The lowest BCUT2D eigenvalue weighted by atomic mass is 9.76. The van der Waals surface area contributed by atoms with Crippen molar-refractivity contribution in [2.75, 3.05) is 13.2 Å². The highest BCUT2D eigenvalue weighted by Gasteiger charge is 2.39. The topological polar surface area (TPSA) is 35.2 Å². The van der Waals surface area contributed by atoms with Gasteiger partial charge in [-0.1, -0.05) is 20.3 Å². The van der Waals surface area contributed by atoms with Crippen LogP contribution in [-0.4, -0.2) is 19.3 Å². The standard InChI is InChI=1S/C11H23NO/c1-9(2)4-5-11(8-12)6-7-13-10(11)3/h9-10H,4-8,12H2,1-3H3. The molecular formula is C11H23NO. The maximum Gasteiger partial charge on any atom is 0.0616 e. The normalized spacial score (nSPS) is 34.4. The Kier molecular flexibility index (Phi) is 3.74. The number of hydrogen-bond donors (Lipinski definition) is 1. The lowest BCUT2D eigenvalue weighted by Crippen LogP contribution is -2.36. The van der Waals surface area contributed by atoms with E-state index >= 15 is 0 Å². The molecule has 0 amide bonds. The third-order valence-corrected chi connectivity index (χ3v) is 3.46. The van der Waals surface area contributed by atoms with Crippen LogP contribution in [0, 0.1) is 11.3 Å². The first-order valence-electron chi connectivity index (χ1n) is 5.42. The summed E-state index contributed by atoms with van der Waals surface area (Å²) in [5.74, 6) is 0.774. The highest BCUT2D eigenvalue weighted by atomic mass is 16.5. The van der Waals surface area contributed by atoms with Crippen LogP contribution in [0.25, 0.3) is 0 Å². The predicted octanol–water partition coefficient (Wildman–Crippen LogP) is 2.18. The van der Waals surface area contributed by atoms with E-state index in [1.165, 1.54) is 12.8 Å². The largest absolute Gasteiger partial charge is 0.378 e. The monoisotopic (exact) mass is 185 g/mol. The van der Waals surface area contributed by atoms with E-state index in [4.69, 9.17) is 10.5 Å². The number of hydrogen-bond acceptors (Lipinski definition) is 2. The van der Waals surface area contributed by atoms with E-state index in [2.05, 4.69) is 20.8 Å². The first-order chi connectivity index (χ1) is 6.10. The quantitative estimate of drug-likeness (QED) is 0.728. The molecule has 2 atom stereocenters. The van der Waals surface area contributed by atoms with Crippen molar-refractivity contribution < 1.29 is 4.74 Å². The average Bonchev–Trinajstić information content (AvgIpc) is 2.45. The Morgan fingerprint density at radius 3 is 2.62 bits per heavy atom. The van der Waals surface area contributed by atoms with Gasteiger partial charge in [-0.3, -0.25) is 0 Å². The Morgan fingerprint density at radius 2 is 2.23 bits per heavy atom. The van der Waals surface area contributed by atoms with Crippen molar-refractivity contribution >= 4 is 0 Å². The van der Waals surface area contributed by atoms with Crippen LogP contribution < -0.4 is 5.73 Å². The lowest BCUT2D eigenvalue weighted by molar-refractivity contribution is 0.0602. The van der Waals surface area contributed by atoms with Gasteiger partial charge in [-0.05, 0) is 25.7 Å². The SMILES string of the molecule is CC(C)CCC1(CN)CCOC1C. The molecule has 0 aliphatic carbocycles. The van der Waals surface area contributed by atoms with Gasteiger partial charge in [0.1, 0.15) is 0 Å². The van der Waals surface area contributed by atoms with Gasteiger partial charge in [-0.2, -0.15) is 0 Å². The maximum absolute atomic E-state index is 5.87. The number of nitrogens with two attached hydrogens (primary N) is 1. The molecule has 2 N–H and O–H groups in total. The number of ether oxygens (including phenoxy) is 1. The molecule has 0 radical (unpaired) electrons. The molecule has 1 saturated heterocycles. The molecule has 0 aromatic heterocycles. The van der Waals surface area contributed by atoms with Crippen LogP contribution in [0.5, 0.6) is 0 Å². The van der Waals surface area contributed by atoms with Crippen LogP contribution in [0.1, 0.15) is 40.0 Å². The summed E-state index contributed by atoms with van der Waals surface area (Å²) < 4.78 is 5.61. The van der Waals surface area contributed by atoms with Crippen LogP contribution >= 0.6 is 0 Å². The highest BCUT2D eigenvalue weighted by molar-refractivity contribution is 4.90. The first kappa shape index (κ1) is 11.0. The Bertz CT molecular complexity index is 158. The molecule has 1 rings (SSSR count). The minimum Gasteiger partial charge on any atom is -0.378 e. The number of rotatable bonds is 4. The zero-order chi connectivity index (χ0) is 9.90. The van der Waals surface area contributed by atoms with Crippen molar-refractivity contribution in [3.8, 4) is 0 Å². The molecule has 1 aliphatic rings. The van der Waals surface area contributed by atoms with E-state index in [0.717, 1.165) is 25.5 Å². The van der Waals surface area contributed by atoms with Crippen LogP contribution in [0.15, 0.2) is 0 Å². The van der Waals surface area contributed by atoms with Gasteiger partial charge >= 0.3 is 0 Å². The Morgan fingerprint density at radius 1 is 1.54 bits per heavy atom. The van der Waals surface area contributed by atoms with Gasteiger partial charge in [0.2, 0.25) is 0 Å². The van der Waals surface area contributed by atoms with Crippen molar-refractivity contribution in [2.24, 2.45) is 17.1 Å². The molecular weight excluding hydrogens is 162 g/mol. The smallest absolute Gasteiger partial charge is 0.0616 e. The van der Waals surface area contributed by atoms with Crippen LogP contribution in [0.4, 0.5) is 0 Å². The maximum atomic E-state index is 5.87. The predicted molar refractivity (Wildman–Crippen MR) is 55.6 cm³/mol. The summed E-state index contributed by atoms with van der Waals surface area (Å²) in [6.45, 7) is 8.38. The summed E-state index contributed by atoms with van der Waals surface area (Å²) in [7, 11) is 0. The van der Waals surface area contributed by atoms with Gasteiger partial charge in [0.15, 0.2) is 0 Å². The van der Waals surface area contributed by atoms with Gasteiger partial charge in [-0.25, -0.2) is 0 Å². The molecule has 2 unspecified atom stereocenters. The Hall–Kier alpha value is -0.0800. The Labute approximate surface area is 81.8 Å². The lowest BCUT2D eigenvalue weighted by Gasteiger charge is -2.31. The van der Waals surface area contributed by atoms with Crippen molar-refractivity contribution in [3.63, 3.8) is 0 Å². The third kappa shape index (κ3) is 2.44. The molecule has 0 spiro atoms. The van der Waals surface area contributed by atoms with Gasteiger partial charge in [0.05, 0.1) is 6.10 Å². The summed E-state index contributed by atoms with van der Waals surface area (Å²) in [5, 5.41) is 0. The minimum absolute atomic E-state index is 0.282. The van der Waals surface area contributed by atoms with E-state index in [-0.39, 0.29) is 5.41 Å². The molecule has 0 saturated carbocycles. The highest BCUT2D eigenvalue weighted by Crippen LogP contribution is 2.38. The molecule has 0 aromatic rings. The van der Waals surface area contributed by atoms with Crippen LogP contribution in [-0.2, 0) is 4.74 Å². The second-order valence-corrected chi connectivity index (χ2v) is 4.76. The average molecular weight is 185 g/mol. The molecule has 1 heterocycles. The van der Waals surface area contributed by atoms with Crippen LogP contribution in [0.2, 0.25) is 0 Å². The van der Waals surface area contributed by atoms with E-state index in [9.17, 15) is 0 Å². The van der Waals surface area contributed by atoms with Crippen molar-refractivity contribution in [2.45, 2.75) is 46.1 Å². The van der Waals surface area contributed by atoms with Crippen molar-refractivity contribution in [1.82, 2.24) is 0 Å². The molecule has 0 aromatic carbocycles. The fourth-order valence-corrected chi connectivity index (χ4v) is 2.09. The molecule has 78 valence electrons. The van der Waals surface area contributed by atoms with Gasteiger partial charge in [0, 0.05) is 18.6 Å². The summed E-state index contributed by atoms with van der Waals surface area (Å²) in [6.07, 6.45) is 4.00. The Balaban J connectivity index is 2.49. The summed E-state index contributed by atoms with van der Waals surface area (Å²) in [5.41, 5.74) is 6.15. The molecule has 1 fully saturated rings. The molecule has 2 nitrogen and oxygen atoms in total. The third-order valence-electron chi connectivity index (χ3n) is 3.46. The summed E-state index contributed by atoms with van der Waals surface area (Å²) in [6, 6.07) is 0. The zero-order valence-electron chi connectivity index (χ0n) is 9.18. The minimum atomic E-state index is 0.282. The molecule has 0 bridgehead atoms. The zero-order valence-corrected chi connectivity index (χ0v) is 9.18. The van der Waals surface area contributed by atoms with E-state index in [1.807, 2.05) is 0 Å². The summed E-state index contributed by atoms with van der Waals surface area (Å²) >= 11 is 0. The fraction of sp³-hybridized carbons (Fsp3) is 1.00. The molecule has 13 heavy (non-hydrogen) atoms. The van der Waals surface area contributed by atoms with Crippen molar-refractivity contribution in [1.29, 1.82) is 0 Å². The fourth-order valence-electron chi connectivity index (χ4n) is 2.09. The van der Waals surface area contributed by atoms with Crippen LogP contribution in [0.3, 0.4) is 0 Å². The second kappa shape index (κ2) is 4.43. The van der Waals surface area contributed by atoms with E-state index in [1.54, 1.807) is 0 Å². The van der Waals surface area contributed by atoms with E-state index < -0.39 is 0 Å². The first-order valence-corrected chi connectivity index (χ1v) is 5.42. The summed E-state index contributed by atoms with van der Waals surface area (Å²) in [4.78, 5) is 0. The van der Waals surface area contributed by atoms with Gasteiger partial charge in [-0.15, -0.1) is 0 Å². The van der Waals surface area contributed by atoms with Gasteiger partial charge in [0.25, 0.3) is 0 Å². The molecule has 2 heteroatoms. The van der Waals surface area contributed by atoms with Gasteiger partial charge < -0.3 is 10.5 Å².